The lowest BCUT2D eigenvalue weighted by Crippen LogP contribution is -1.72. The van der Waals surface area contributed by atoms with Gasteiger partial charge in [0.2, 0.25) is 0 Å². The number of nitrogens with zero attached hydrogens (tertiary/aromatic N) is 2. The fraction of sp³-hybridized carbons (Fsp3) is 0.200. The molecular weight excluding hydrogens is 268 g/mol. The van der Waals surface area contributed by atoms with Crippen LogP contribution in [0.4, 0.5) is 0 Å². The molecular formula is C20H24N2. The third kappa shape index (κ3) is 8.64. The minimum Gasteiger partial charge on any atom is -0.265 e. The second-order valence-corrected chi connectivity index (χ2v) is 5.15. The quantitative estimate of drug-likeness (QED) is 0.577. The molecule has 0 fully saturated rings. The number of benzene rings is 1. The van der Waals surface area contributed by atoms with Crippen LogP contribution in [0.1, 0.15) is 22.4 Å². The summed E-state index contributed by atoms with van der Waals surface area (Å²) in [6.07, 6.45) is 5.36. The Balaban J connectivity index is 0.000000166. The molecule has 0 saturated carbocycles. The van der Waals surface area contributed by atoms with E-state index in [-0.39, 0.29) is 0 Å². The molecule has 0 radical (unpaired) electrons. The highest BCUT2D eigenvalue weighted by Crippen LogP contribution is 2.00. The summed E-state index contributed by atoms with van der Waals surface area (Å²) in [6.45, 7) is 8.22. The Labute approximate surface area is 133 Å². The maximum absolute atomic E-state index is 3.98. The highest BCUT2D eigenvalue weighted by Gasteiger charge is 1.80. The summed E-state index contributed by atoms with van der Waals surface area (Å²) < 4.78 is 0. The SMILES string of the molecule is Cc1cccc(C)c1.Cc1ccccn1.Cc1ccncc1. The smallest absolute Gasteiger partial charge is 0.0372 e. The monoisotopic (exact) mass is 292 g/mol. The van der Waals surface area contributed by atoms with Gasteiger partial charge in [-0.3, -0.25) is 9.97 Å². The van der Waals surface area contributed by atoms with Gasteiger partial charge in [-0.05, 0) is 57.5 Å². The van der Waals surface area contributed by atoms with Crippen LogP contribution in [0, 0.1) is 27.7 Å². The van der Waals surface area contributed by atoms with Gasteiger partial charge in [-0.25, -0.2) is 0 Å². The number of aromatic nitrogens is 2. The average Bonchev–Trinajstić information content (AvgIpc) is 2.50. The van der Waals surface area contributed by atoms with Crippen LogP contribution in [0.5, 0.6) is 0 Å². The molecule has 0 saturated heterocycles. The van der Waals surface area contributed by atoms with Crippen molar-refractivity contribution in [3.8, 4) is 0 Å². The Morgan fingerprint density at radius 1 is 0.591 bits per heavy atom. The van der Waals surface area contributed by atoms with E-state index in [4.69, 9.17) is 0 Å². The van der Waals surface area contributed by atoms with Crippen LogP contribution in [0.3, 0.4) is 0 Å². The van der Waals surface area contributed by atoms with Gasteiger partial charge in [0.15, 0.2) is 0 Å². The van der Waals surface area contributed by atoms with Crippen molar-refractivity contribution in [1.29, 1.82) is 0 Å². The number of pyridine rings is 2. The molecule has 0 aliphatic carbocycles. The molecule has 0 bridgehead atoms. The molecule has 2 nitrogen and oxygen atoms in total. The molecule has 0 aliphatic rings. The van der Waals surface area contributed by atoms with E-state index in [9.17, 15) is 0 Å². The standard InChI is InChI=1S/C8H10.2C6H7N/c1-7-4-3-5-8(2)6-7;1-6-2-4-7-5-3-6;1-6-4-2-3-5-7-6/h3-6H,1-2H3;2*2-5H,1H3. The van der Waals surface area contributed by atoms with Crippen LogP contribution >= 0.6 is 0 Å². The van der Waals surface area contributed by atoms with Gasteiger partial charge in [-0.2, -0.15) is 0 Å². The van der Waals surface area contributed by atoms with E-state index in [1.807, 2.05) is 44.2 Å². The second-order valence-electron chi connectivity index (χ2n) is 5.15. The van der Waals surface area contributed by atoms with Gasteiger partial charge >= 0.3 is 0 Å². The lowest BCUT2D eigenvalue weighted by molar-refractivity contribution is 1.20. The van der Waals surface area contributed by atoms with Crippen molar-refractivity contribution in [2.75, 3.05) is 0 Å². The van der Waals surface area contributed by atoms with Gasteiger partial charge in [0.05, 0.1) is 0 Å². The first-order valence-electron chi connectivity index (χ1n) is 7.35. The third-order valence-electron chi connectivity index (χ3n) is 2.83. The molecule has 3 aromatic rings. The van der Waals surface area contributed by atoms with E-state index in [2.05, 4.69) is 48.1 Å². The molecule has 0 aliphatic heterocycles. The van der Waals surface area contributed by atoms with Gasteiger partial charge < -0.3 is 0 Å². The highest BCUT2D eigenvalue weighted by molar-refractivity contribution is 5.20. The van der Waals surface area contributed by atoms with E-state index in [1.54, 1.807) is 18.6 Å². The fourth-order valence-corrected chi connectivity index (χ4v) is 1.68. The first-order chi connectivity index (χ1) is 10.6. The molecule has 2 heterocycles. The summed E-state index contributed by atoms with van der Waals surface area (Å²) in [5.74, 6) is 0. The van der Waals surface area contributed by atoms with Crippen molar-refractivity contribution in [2.24, 2.45) is 0 Å². The first-order valence-corrected chi connectivity index (χ1v) is 7.35. The fourth-order valence-electron chi connectivity index (χ4n) is 1.68. The Morgan fingerprint density at radius 3 is 1.50 bits per heavy atom. The van der Waals surface area contributed by atoms with Crippen LogP contribution in [-0.4, -0.2) is 9.97 Å². The number of rotatable bonds is 0. The molecule has 114 valence electrons. The van der Waals surface area contributed by atoms with Crippen LogP contribution in [-0.2, 0) is 0 Å². The summed E-state index contributed by atoms with van der Waals surface area (Å²) in [4.78, 5) is 7.82. The Hall–Kier alpha value is -2.48. The predicted octanol–water partition coefficient (Wildman–Crippen LogP) is 5.08. The zero-order chi connectivity index (χ0) is 16.2. The second kappa shape index (κ2) is 10.3. The summed E-state index contributed by atoms with van der Waals surface area (Å²) >= 11 is 0. The molecule has 22 heavy (non-hydrogen) atoms. The van der Waals surface area contributed by atoms with E-state index >= 15 is 0 Å². The Kier molecular flexibility index (Phi) is 8.21. The van der Waals surface area contributed by atoms with Gasteiger partial charge in [-0.15, -0.1) is 0 Å². The molecule has 0 unspecified atom stereocenters. The van der Waals surface area contributed by atoms with E-state index in [1.165, 1.54) is 16.7 Å². The van der Waals surface area contributed by atoms with Crippen molar-refractivity contribution in [3.63, 3.8) is 0 Å². The average molecular weight is 292 g/mol. The summed E-state index contributed by atoms with van der Waals surface area (Å²) in [6, 6.07) is 18.2. The van der Waals surface area contributed by atoms with Crippen molar-refractivity contribution in [3.05, 3.63) is 95.6 Å². The van der Waals surface area contributed by atoms with Gasteiger partial charge in [0, 0.05) is 24.3 Å². The number of aryl methyl sites for hydroxylation is 4. The van der Waals surface area contributed by atoms with Crippen LogP contribution in [0.15, 0.2) is 73.2 Å². The normalized spacial score (nSPS) is 8.91. The maximum atomic E-state index is 3.98. The molecule has 0 spiro atoms. The molecule has 3 rings (SSSR count). The molecule has 0 amide bonds. The highest BCUT2D eigenvalue weighted by atomic mass is 14.6. The number of hydrogen-bond acceptors (Lipinski definition) is 2. The van der Waals surface area contributed by atoms with Gasteiger partial charge in [0.25, 0.3) is 0 Å². The molecule has 0 N–H and O–H groups in total. The van der Waals surface area contributed by atoms with Gasteiger partial charge in [-0.1, -0.05) is 41.5 Å². The molecule has 2 heteroatoms. The molecule has 1 aromatic carbocycles. The zero-order valence-corrected chi connectivity index (χ0v) is 13.8. The van der Waals surface area contributed by atoms with E-state index in [0.29, 0.717) is 0 Å². The van der Waals surface area contributed by atoms with Crippen molar-refractivity contribution < 1.29 is 0 Å². The minimum atomic E-state index is 1.07. The Morgan fingerprint density at radius 2 is 1.23 bits per heavy atom. The summed E-state index contributed by atoms with van der Waals surface area (Å²) in [5.41, 5.74) is 5.01. The Bertz CT molecular complexity index is 579. The van der Waals surface area contributed by atoms with Crippen LogP contribution in [0.2, 0.25) is 0 Å². The lowest BCUT2D eigenvalue weighted by Gasteiger charge is -1.90. The van der Waals surface area contributed by atoms with Crippen molar-refractivity contribution in [2.45, 2.75) is 27.7 Å². The largest absolute Gasteiger partial charge is 0.265 e. The summed E-state index contributed by atoms with van der Waals surface area (Å²) in [7, 11) is 0. The minimum absolute atomic E-state index is 1.07. The van der Waals surface area contributed by atoms with Crippen LogP contribution in [0.25, 0.3) is 0 Å². The van der Waals surface area contributed by atoms with E-state index < -0.39 is 0 Å². The third-order valence-corrected chi connectivity index (χ3v) is 2.83. The van der Waals surface area contributed by atoms with Crippen molar-refractivity contribution in [1.82, 2.24) is 9.97 Å². The van der Waals surface area contributed by atoms with Crippen molar-refractivity contribution >= 4 is 0 Å². The predicted molar refractivity (Wildman–Crippen MR) is 93.9 cm³/mol. The maximum Gasteiger partial charge on any atom is 0.0372 e. The summed E-state index contributed by atoms with van der Waals surface area (Å²) in [5, 5.41) is 0. The molecule has 0 atom stereocenters. The van der Waals surface area contributed by atoms with Crippen LogP contribution < -0.4 is 0 Å². The van der Waals surface area contributed by atoms with E-state index in [0.717, 1.165) is 5.69 Å². The first kappa shape index (κ1) is 17.6. The van der Waals surface area contributed by atoms with Gasteiger partial charge in [0.1, 0.15) is 0 Å². The lowest BCUT2D eigenvalue weighted by atomic mass is 10.2. The topological polar surface area (TPSA) is 25.8 Å². The molecule has 2 aromatic heterocycles. The zero-order valence-electron chi connectivity index (χ0n) is 13.8. The number of hydrogen-bond donors (Lipinski definition) is 0.